The number of thioether (sulfide) groups is 1. The van der Waals surface area contributed by atoms with E-state index in [0.717, 1.165) is 4.90 Å². The molecule has 1 aromatic heterocycles. The number of halogens is 2. The lowest BCUT2D eigenvalue weighted by Crippen LogP contribution is -2.14. The second kappa shape index (κ2) is 8.99. The van der Waals surface area contributed by atoms with Crippen LogP contribution in [0.2, 0.25) is 10.0 Å². The molecule has 1 heterocycles. The highest BCUT2D eigenvalue weighted by Gasteiger charge is 2.10. The van der Waals surface area contributed by atoms with Crippen molar-refractivity contribution in [2.75, 3.05) is 16.4 Å². The number of amides is 2. The Balaban J connectivity index is 1.57. The molecule has 0 spiro atoms. The average Bonchev–Trinajstić information content (AvgIpc) is 3.18. The maximum Gasteiger partial charge on any atom is 0.291 e. The van der Waals surface area contributed by atoms with Gasteiger partial charge < -0.3 is 15.1 Å². The van der Waals surface area contributed by atoms with Gasteiger partial charge in [0.25, 0.3) is 5.91 Å². The molecule has 0 saturated heterocycles. The number of furan rings is 1. The third-order valence-corrected chi connectivity index (χ3v) is 4.97. The summed E-state index contributed by atoms with van der Waals surface area (Å²) in [5.74, 6) is -0.145. The highest BCUT2D eigenvalue weighted by molar-refractivity contribution is 8.00. The van der Waals surface area contributed by atoms with E-state index in [-0.39, 0.29) is 23.3 Å². The van der Waals surface area contributed by atoms with Gasteiger partial charge in [0.1, 0.15) is 0 Å². The molecular weight excluding hydrogens is 407 g/mol. The zero-order chi connectivity index (χ0) is 19.2. The summed E-state index contributed by atoms with van der Waals surface area (Å²) in [5.41, 5.74) is 1.08. The van der Waals surface area contributed by atoms with Gasteiger partial charge in [0.2, 0.25) is 5.91 Å². The van der Waals surface area contributed by atoms with E-state index in [1.54, 1.807) is 48.5 Å². The summed E-state index contributed by atoms with van der Waals surface area (Å²) in [5, 5.41) is 6.38. The number of benzene rings is 2. The zero-order valence-electron chi connectivity index (χ0n) is 13.9. The second-order valence-corrected chi connectivity index (χ2v) is 7.31. The van der Waals surface area contributed by atoms with Gasteiger partial charge in [-0.1, -0.05) is 29.3 Å². The van der Waals surface area contributed by atoms with Crippen LogP contribution in [0.5, 0.6) is 0 Å². The minimum atomic E-state index is -0.338. The normalized spacial score (nSPS) is 10.4. The summed E-state index contributed by atoms with van der Waals surface area (Å²) in [6.07, 6.45) is 1.44. The summed E-state index contributed by atoms with van der Waals surface area (Å²) in [6.45, 7) is 0. The number of hydrogen-bond donors (Lipinski definition) is 2. The highest BCUT2D eigenvalue weighted by atomic mass is 35.5. The Morgan fingerprint density at radius 2 is 1.85 bits per heavy atom. The molecule has 5 nitrogen and oxygen atoms in total. The van der Waals surface area contributed by atoms with E-state index in [0.29, 0.717) is 21.4 Å². The quantitative estimate of drug-likeness (QED) is 0.511. The van der Waals surface area contributed by atoms with Crippen molar-refractivity contribution in [3.8, 4) is 0 Å². The number of carbonyl (C=O) groups excluding carboxylic acids is 2. The first kappa shape index (κ1) is 19.4. The van der Waals surface area contributed by atoms with Gasteiger partial charge in [0, 0.05) is 15.6 Å². The minimum Gasteiger partial charge on any atom is -0.459 e. The molecule has 138 valence electrons. The number of nitrogens with one attached hydrogen (secondary N) is 2. The Bertz CT molecular complexity index is 961. The Labute approximate surface area is 170 Å². The van der Waals surface area contributed by atoms with Crippen molar-refractivity contribution in [1.82, 2.24) is 0 Å². The molecule has 3 aromatic rings. The number of rotatable bonds is 6. The lowest BCUT2D eigenvalue weighted by molar-refractivity contribution is -0.113. The predicted molar refractivity (Wildman–Crippen MR) is 109 cm³/mol. The van der Waals surface area contributed by atoms with E-state index in [4.69, 9.17) is 27.6 Å². The van der Waals surface area contributed by atoms with Crippen molar-refractivity contribution in [3.63, 3.8) is 0 Å². The molecule has 8 heteroatoms. The van der Waals surface area contributed by atoms with Gasteiger partial charge in [-0.25, -0.2) is 0 Å². The topological polar surface area (TPSA) is 71.3 Å². The molecule has 0 aliphatic rings. The third-order valence-electron chi connectivity index (χ3n) is 3.41. The van der Waals surface area contributed by atoms with Crippen LogP contribution in [-0.4, -0.2) is 17.6 Å². The maximum absolute atomic E-state index is 12.2. The predicted octanol–water partition coefficient (Wildman–Crippen LogP) is 5.57. The Kier molecular flexibility index (Phi) is 6.45. The van der Waals surface area contributed by atoms with Gasteiger partial charge in [0.05, 0.1) is 22.7 Å². The Morgan fingerprint density at radius 1 is 1.00 bits per heavy atom. The average molecular weight is 421 g/mol. The largest absolute Gasteiger partial charge is 0.459 e. The molecule has 0 unspecified atom stereocenters. The summed E-state index contributed by atoms with van der Waals surface area (Å²) < 4.78 is 5.06. The fourth-order valence-electron chi connectivity index (χ4n) is 2.19. The molecule has 0 aliphatic heterocycles. The first-order valence-corrected chi connectivity index (χ1v) is 9.58. The number of hydrogen-bond acceptors (Lipinski definition) is 4. The molecule has 3 rings (SSSR count). The third kappa shape index (κ3) is 5.53. The van der Waals surface area contributed by atoms with Gasteiger partial charge in [0.15, 0.2) is 5.76 Å². The number of carbonyl (C=O) groups is 2. The van der Waals surface area contributed by atoms with Gasteiger partial charge in [-0.15, -0.1) is 11.8 Å². The Morgan fingerprint density at radius 3 is 2.63 bits per heavy atom. The summed E-state index contributed by atoms with van der Waals surface area (Å²) in [4.78, 5) is 25.0. The molecule has 0 aliphatic carbocycles. The lowest BCUT2D eigenvalue weighted by atomic mass is 10.3. The fraction of sp³-hybridized carbons (Fsp3) is 0.0526. The lowest BCUT2D eigenvalue weighted by Gasteiger charge is -2.08. The van der Waals surface area contributed by atoms with Crippen molar-refractivity contribution in [2.24, 2.45) is 0 Å². The molecule has 0 fully saturated rings. The molecule has 0 radical (unpaired) electrons. The van der Waals surface area contributed by atoms with Gasteiger partial charge in [-0.05, 0) is 48.5 Å². The van der Waals surface area contributed by atoms with Crippen molar-refractivity contribution in [2.45, 2.75) is 4.90 Å². The van der Waals surface area contributed by atoms with E-state index in [2.05, 4.69) is 10.6 Å². The van der Waals surface area contributed by atoms with Crippen molar-refractivity contribution in [1.29, 1.82) is 0 Å². The van der Waals surface area contributed by atoms with Crippen LogP contribution in [0.3, 0.4) is 0 Å². The number of anilines is 2. The molecule has 2 N–H and O–H groups in total. The van der Waals surface area contributed by atoms with E-state index < -0.39 is 0 Å². The van der Waals surface area contributed by atoms with Gasteiger partial charge in [-0.3, -0.25) is 9.59 Å². The zero-order valence-corrected chi connectivity index (χ0v) is 16.2. The smallest absolute Gasteiger partial charge is 0.291 e. The standard InChI is InChI=1S/C19H14Cl2N2O3S/c20-12-6-7-15(21)16(9-12)23-18(24)11-27-14-4-1-3-13(10-14)22-19(25)17-5-2-8-26-17/h1-10H,11H2,(H,22,25)(H,23,24). The second-order valence-electron chi connectivity index (χ2n) is 5.42. The van der Waals surface area contributed by atoms with E-state index >= 15 is 0 Å². The van der Waals surface area contributed by atoms with Crippen LogP contribution in [0.4, 0.5) is 11.4 Å². The van der Waals surface area contributed by atoms with Crippen LogP contribution in [-0.2, 0) is 4.79 Å². The fourth-order valence-corrected chi connectivity index (χ4v) is 3.28. The van der Waals surface area contributed by atoms with Gasteiger partial charge in [-0.2, -0.15) is 0 Å². The Hall–Kier alpha value is -2.41. The minimum absolute atomic E-state index is 0.179. The maximum atomic E-state index is 12.2. The molecule has 0 atom stereocenters. The monoisotopic (exact) mass is 420 g/mol. The highest BCUT2D eigenvalue weighted by Crippen LogP contribution is 2.26. The van der Waals surface area contributed by atoms with Crippen molar-refractivity contribution in [3.05, 3.63) is 76.7 Å². The van der Waals surface area contributed by atoms with Crippen molar-refractivity contribution < 1.29 is 14.0 Å². The van der Waals surface area contributed by atoms with Gasteiger partial charge >= 0.3 is 0 Å². The molecule has 27 heavy (non-hydrogen) atoms. The molecule has 2 amide bonds. The summed E-state index contributed by atoms with van der Waals surface area (Å²) >= 11 is 13.3. The van der Waals surface area contributed by atoms with Crippen LogP contribution in [0.1, 0.15) is 10.6 Å². The molecule has 2 aromatic carbocycles. The van der Waals surface area contributed by atoms with Crippen LogP contribution < -0.4 is 10.6 Å². The van der Waals surface area contributed by atoms with Crippen LogP contribution in [0.15, 0.2) is 70.2 Å². The first-order valence-electron chi connectivity index (χ1n) is 7.84. The summed E-state index contributed by atoms with van der Waals surface area (Å²) in [6, 6.07) is 15.3. The summed E-state index contributed by atoms with van der Waals surface area (Å²) in [7, 11) is 0. The van der Waals surface area contributed by atoms with Crippen LogP contribution >= 0.6 is 35.0 Å². The molecular formula is C19H14Cl2N2O3S. The van der Waals surface area contributed by atoms with Crippen LogP contribution in [0.25, 0.3) is 0 Å². The first-order chi connectivity index (χ1) is 13.0. The van der Waals surface area contributed by atoms with E-state index in [9.17, 15) is 9.59 Å². The van der Waals surface area contributed by atoms with E-state index in [1.165, 1.54) is 18.0 Å². The van der Waals surface area contributed by atoms with E-state index in [1.807, 2.05) is 6.07 Å². The van der Waals surface area contributed by atoms with Crippen LogP contribution in [0, 0.1) is 0 Å². The SMILES string of the molecule is O=C(CSc1cccc(NC(=O)c2ccco2)c1)Nc1cc(Cl)ccc1Cl. The molecule has 0 bridgehead atoms. The molecule has 0 saturated carbocycles. The van der Waals surface area contributed by atoms with Crippen molar-refractivity contribution >= 4 is 58.2 Å².